The molecule has 1 saturated heterocycles. The number of amides is 1. The first kappa shape index (κ1) is 10.4. The van der Waals surface area contributed by atoms with E-state index in [-0.39, 0.29) is 6.04 Å². The smallest absolute Gasteiger partial charge is 0.407 e. The minimum absolute atomic E-state index is 0.0749. The van der Waals surface area contributed by atoms with E-state index in [1.165, 1.54) is 10.5 Å². The number of piperazine rings is 1. The molecule has 0 radical (unpaired) electrons. The Hall–Kier alpha value is -1.07. The van der Waals surface area contributed by atoms with Crippen LogP contribution in [0.3, 0.4) is 0 Å². The molecular weight excluding hydrogens is 212 g/mol. The summed E-state index contributed by atoms with van der Waals surface area (Å²) in [5.74, 6) is 0. The molecule has 82 valence electrons. The molecule has 0 aliphatic carbocycles. The lowest BCUT2D eigenvalue weighted by Crippen LogP contribution is -2.54. The van der Waals surface area contributed by atoms with Crippen molar-refractivity contribution in [3.63, 3.8) is 0 Å². The van der Waals surface area contributed by atoms with Crippen molar-refractivity contribution in [1.82, 2.24) is 10.2 Å². The van der Waals surface area contributed by atoms with Gasteiger partial charge in [-0.05, 0) is 28.8 Å². The lowest BCUT2D eigenvalue weighted by atomic mass is 10.1. The summed E-state index contributed by atoms with van der Waals surface area (Å²) in [5.41, 5.74) is 1.22. The van der Waals surface area contributed by atoms with Crippen molar-refractivity contribution in [3.8, 4) is 0 Å². The molecule has 0 spiro atoms. The van der Waals surface area contributed by atoms with Crippen LogP contribution in [0.15, 0.2) is 16.8 Å². The van der Waals surface area contributed by atoms with E-state index < -0.39 is 6.09 Å². The lowest BCUT2D eigenvalue weighted by molar-refractivity contribution is 0.112. The Balaban J connectivity index is 2.02. The molecule has 1 fully saturated rings. The largest absolute Gasteiger partial charge is 0.465 e. The highest BCUT2D eigenvalue weighted by Crippen LogP contribution is 2.13. The van der Waals surface area contributed by atoms with Crippen molar-refractivity contribution >= 4 is 17.4 Å². The number of thiophene rings is 1. The van der Waals surface area contributed by atoms with E-state index >= 15 is 0 Å². The Bertz CT molecular complexity index is 326. The van der Waals surface area contributed by atoms with Gasteiger partial charge in [0.05, 0.1) is 6.04 Å². The highest BCUT2D eigenvalue weighted by atomic mass is 32.1. The van der Waals surface area contributed by atoms with Crippen LogP contribution < -0.4 is 5.32 Å². The summed E-state index contributed by atoms with van der Waals surface area (Å²) in [5, 5.41) is 16.4. The summed E-state index contributed by atoms with van der Waals surface area (Å²) >= 11 is 1.65. The lowest BCUT2D eigenvalue weighted by Gasteiger charge is -2.33. The van der Waals surface area contributed by atoms with Crippen LogP contribution in [0.2, 0.25) is 0 Å². The van der Waals surface area contributed by atoms with Gasteiger partial charge >= 0.3 is 6.09 Å². The van der Waals surface area contributed by atoms with Crippen molar-refractivity contribution < 1.29 is 9.90 Å². The van der Waals surface area contributed by atoms with Gasteiger partial charge in [-0.15, -0.1) is 0 Å². The van der Waals surface area contributed by atoms with Gasteiger partial charge in [-0.25, -0.2) is 4.79 Å². The van der Waals surface area contributed by atoms with Crippen LogP contribution in [0.1, 0.15) is 5.56 Å². The summed E-state index contributed by atoms with van der Waals surface area (Å²) in [6, 6.07) is 2.13. The van der Waals surface area contributed by atoms with Crippen molar-refractivity contribution in [1.29, 1.82) is 0 Å². The Labute approximate surface area is 92.5 Å². The van der Waals surface area contributed by atoms with Gasteiger partial charge in [0, 0.05) is 19.6 Å². The molecule has 1 aromatic heterocycles. The fourth-order valence-corrected chi connectivity index (χ4v) is 2.56. The number of hydrogen-bond donors (Lipinski definition) is 2. The van der Waals surface area contributed by atoms with Gasteiger partial charge in [0.1, 0.15) is 0 Å². The topological polar surface area (TPSA) is 52.6 Å². The third-order valence-electron chi connectivity index (χ3n) is 2.65. The zero-order valence-corrected chi connectivity index (χ0v) is 9.17. The maximum Gasteiger partial charge on any atom is 0.407 e. The Morgan fingerprint density at radius 3 is 3.27 bits per heavy atom. The minimum Gasteiger partial charge on any atom is -0.465 e. The third-order valence-corrected chi connectivity index (χ3v) is 3.38. The van der Waals surface area contributed by atoms with E-state index in [0.29, 0.717) is 6.54 Å². The first-order valence-electron chi connectivity index (χ1n) is 4.99. The van der Waals surface area contributed by atoms with Crippen LogP contribution in [0.5, 0.6) is 0 Å². The molecule has 2 N–H and O–H groups in total. The molecule has 5 heteroatoms. The van der Waals surface area contributed by atoms with Gasteiger partial charge < -0.3 is 15.3 Å². The summed E-state index contributed by atoms with van der Waals surface area (Å²) in [7, 11) is 0. The Morgan fingerprint density at radius 2 is 2.60 bits per heavy atom. The number of rotatable bonds is 2. The number of carbonyl (C=O) groups is 1. The molecule has 0 saturated carbocycles. The van der Waals surface area contributed by atoms with Gasteiger partial charge in [0.25, 0.3) is 0 Å². The van der Waals surface area contributed by atoms with E-state index in [9.17, 15) is 4.79 Å². The summed E-state index contributed by atoms with van der Waals surface area (Å²) in [6.07, 6.45) is -0.000250. The zero-order valence-electron chi connectivity index (χ0n) is 8.35. The van der Waals surface area contributed by atoms with E-state index in [1.54, 1.807) is 11.3 Å². The monoisotopic (exact) mass is 226 g/mol. The van der Waals surface area contributed by atoms with Crippen molar-refractivity contribution in [2.45, 2.75) is 12.5 Å². The molecule has 0 bridgehead atoms. The number of nitrogens with one attached hydrogen (secondary N) is 1. The number of carboxylic acid groups (broad SMARTS) is 1. The highest BCUT2D eigenvalue weighted by molar-refractivity contribution is 7.07. The summed E-state index contributed by atoms with van der Waals surface area (Å²) < 4.78 is 0. The molecule has 2 rings (SSSR count). The van der Waals surface area contributed by atoms with Crippen molar-refractivity contribution in [2.75, 3.05) is 19.6 Å². The second-order valence-electron chi connectivity index (χ2n) is 3.67. The molecule has 15 heavy (non-hydrogen) atoms. The van der Waals surface area contributed by atoms with Gasteiger partial charge in [-0.1, -0.05) is 0 Å². The number of nitrogens with zero attached hydrogens (tertiary/aromatic N) is 1. The van der Waals surface area contributed by atoms with Crippen LogP contribution in [-0.4, -0.2) is 41.8 Å². The SMILES string of the molecule is O=C(O)N1CCNCC1Cc1ccsc1. The molecule has 1 unspecified atom stereocenters. The molecule has 1 aliphatic rings. The fourth-order valence-electron chi connectivity index (χ4n) is 1.88. The molecule has 2 heterocycles. The highest BCUT2D eigenvalue weighted by Gasteiger charge is 2.26. The average molecular weight is 226 g/mol. The van der Waals surface area contributed by atoms with E-state index in [0.717, 1.165) is 19.5 Å². The molecule has 1 aliphatic heterocycles. The second-order valence-corrected chi connectivity index (χ2v) is 4.45. The predicted molar refractivity (Wildman–Crippen MR) is 59.4 cm³/mol. The van der Waals surface area contributed by atoms with Crippen LogP contribution in [0, 0.1) is 0 Å². The Kier molecular flexibility index (Phi) is 3.23. The normalized spacial score (nSPS) is 21.6. The van der Waals surface area contributed by atoms with E-state index in [2.05, 4.69) is 16.8 Å². The molecule has 0 aromatic carbocycles. The molecule has 4 nitrogen and oxygen atoms in total. The first-order chi connectivity index (χ1) is 7.27. The van der Waals surface area contributed by atoms with Crippen molar-refractivity contribution in [3.05, 3.63) is 22.4 Å². The predicted octanol–water partition coefficient (Wildman–Crippen LogP) is 1.24. The molecular formula is C10H14N2O2S. The van der Waals surface area contributed by atoms with Crippen LogP contribution in [-0.2, 0) is 6.42 Å². The van der Waals surface area contributed by atoms with Crippen LogP contribution in [0.4, 0.5) is 4.79 Å². The minimum atomic E-state index is -0.809. The first-order valence-corrected chi connectivity index (χ1v) is 5.93. The molecule has 1 amide bonds. The van der Waals surface area contributed by atoms with Crippen molar-refractivity contribution in [2.24, 2.45) is 0 Å². The maximum absolute atomic E-state index is 11.0. The standard InChI is InChI=1S/C10H14N2O2S/c13-10(14)12-3-2-11-6-9(12)5-8-1-4-15-7-8/h1,4,7,9,11H,2-3,5-6H2,(H,13,14). The zero-order chi connectivity index (χ0) is 10.7. The van der Waals surface area contributed by atoms with Gasteiger partial charge in [0.2, 0.25) is 0 Å². The van der Waals surface area contributed by atoms with Crippen LogP contribution >= 0.6 is 11.3 Å². The summed E-state index contributed by atoms with van der Waals surface area (Å²) in [6.45, 7) is 2.10. The maximum atomic E-state index is 11.0. The van der Waals surface area contributed by atoms with E-state index in [1.807, 2.05) is 5.38 Å². The quantitative estimate of drug-likeness (QED) is 0.797. The molecule has 1 aromatic rings. The van der Waals surface area contributed by atoms with E-state index in [4.69, 9.17) is 5.11 Å². The van der Waals surface area contributed by atoms with Gasteiger partial charge in [-0.2, -0.15) is 11.3 Å². The molecule has 1 atom stereocenters. The summed E-state index contributed by atoms with van der Waals surface area (Å²) in [4.78, 5) is 12.5. The fraction of sp³-hybridized carbons (Fsp3) is 0.500. The Morgan fingerprint density at radius 1 is 1.73 bits per heavy atom. The number of hydrogen-bond acceptors (Lipinski definition) is 3. The van der Waals surface area contributed by atoms with Gasteiger partial charge in [0.15, 0.2) is 0 Å². The average Bonchev–Trinajstić information content (AvgIpc) is 2.71. The second kappa shape index (κ2) is 4.63. The van der Waals surface area contributed by atoms with Gasteiger partial charge in [-0.3, -0.25) is 0 Å². The van der Waals surface area contributed by atoms with Crippen LogP contribution in [0.25, 0.3) is 0 Å². The third kappa shape index (κ3) is 2.49.